The Morgan fingerprint density at radius 3 is 2.76 bits per heavy atom. The Morgan fingerprint density at radius 2 is 2.10 bits per heavy atom. The van der Waals surface area contributed by atoms with Crippen molar-refractivity contribution in [1.82, 2.24) is 15.3 Å². The van der Waals surface area contributed by atoms with Crippen LogP contribution in [-0.4, -0.2) is 35.7 Å². The van der Waals surface area contributed by atoms with Crippen molar-refractivity contribution < 1.29 is 14.3 Å². The quantitative estimate of drug-likeness (QED) is 0.806. The monoisotopic (exact) mass is 293 g/mol. The predicted molar refractivity (Wildman–Crippen MR) is 78.1 cm³/mol. The van der Waals surface area contributed by atoms with Crippen molar-refractivity contribution in [2.24, 2.45) is 0 Å². The van der Waals surface area contributed by atoms with Crippen molar-refractivity contribution in [3.63, 3.8) is 0 Å². The van der Waals surface area contributed by atoms with Crippen molar-refractivity contribution >= 4 is 5.97 Å². The summed E-state index contributed by atoms with van der Waals surface area (Å²) in [6.07, 6.45) is 1.39. The zero-order chi connectivity index (χ0) is 15.2. The number of fused-ring (bicyclic) bond motifs is 1. The molecule has 2 heterocycles. The second-order valence-corrected chi connectivity index (χ2v) is 4.86. The van der Waals surface area contributed by atoms with Crippen LogP contribution in [0.1, 0.15) is 60.9 Å². The van der Waals surface area contributed by atoms with Gasteiger partial charge in [-0.2, -0.15) is 0 Å². The Hall–Kier alpha value is -1.53. The van der Waals surface area contributed by atoms with Gasteiger partial charge in [-0.1, -0.05) is 6.92 Å². The summed E-state index contributed by atoms with van der Waals surface area (Å²) in [6.45, 7) is 8.15. The molecule has 116 valence electrons. The van der Waals surface area contributed by atoms with Crippen LogP contribution in [0, 0.1) is 0 Å². The number of ether oxygens (including phenoxy) is 2. The van der Waals surface area contributed by atoms with Gasteiger partial charge in [0.1, 0.15) is 6.10 Å². The SMILES string of the molecule is CCOC(=O)c1nc(C(CC)OCC)nc2c1CNCC2. The molecule has 1 aromatic heterocycles. The number of nitrogens with one attached hydrogen (secondary N) is 1. The minimum atomic E-state index is -0.382. The molecule has 1 N–H and O–H groups in total. The molecule has 6 nitrogen and oxygen atoms in total. The van der Waals surface area contributed by atoms with Crippen LogP contribution in [0.3, 0.4) is 0 Å². The lowest BCUT2D eigenvalue weighted by atomic mass is 10.0. The van der Waals surface area contributed by atoms with Gasteiger partial charge in [0.2, 0.25) is 0 Å². The van der Waals surface area contributed by atoms with E-state index >= 15 is 0 Å². The fourth-order valence-corrected chi connectivity index (χ4v) is 2.45. The maximum Gasteiger partial charge on any atom is 0.357 e. The van der Waals surface area contributed by atoms with Crippen LogP contribution in [-0.2, 0) is 22.4 Å². The van der Waals surface area contributed by atoms with Gasteiger partial charge >= 0.3 is 5.97 Å². The minimum Gasteiger partial charge on any atom is -0.461 e. The number of carbonyl (C=O) groups is 1. The van der Waals surface area contributed by atoms with E-state index in [-0.39, 0.29) is 12.1 Å². The third-order valence-electron chi connectivity index (χ3n) is 3.45. The number of aromatic nitrogens is 2. The summed E-state index contributed by atoms with van der Waals surface area (Å²) in [5, 5.41) is 3.25. The lowest BCUT2D eigenvalue weighted by Gasteiger charge is -2.21. The molecule has 0 spiro atoms. The van der Waals surface area contributed by atoms with E-state index in [2.05, 4.69) is 15.3 Å². The number of hydrogen-bond acceptors (Lipinski definition) is 6. The molecule has 6 heteroatoms. The first-order chi connectivity index (χ1) is 10.2. The molecule has 0 saturated heterocycles. The summed E-state index contributed by atoms with van der Waals surface area (Å²) in [6, 6.07) is 0. The van der Waals surface area contributed by atoms with E-state index in [9.17, 15) is 4.79 Å². The van der Waals surface area contributed by atoms with Crippen LogP contribution < -0.4 is 5.32 Å². The smallest absolute Gasteiger partial charge is 0.357 e. The van der Waals surface area contributed by atoms with Crippen LogP contribution >= 0.6 is 0 Å². The highest BCUT2D eigenvalue weighted by atomic mass is 16.5. The lowest BCUT2D eigenvalue weighted by Crippen LogP contribution is -2.29. The number of carbonyl (C=O) groups excluding carboxylic acids is 1. The summed E-state index contributed by atoms with van der Waals surface area (Å²) in [7, 11) is 0. The van der Waals surface area contributed by atoms with E-state index in [1.807, 2.05) is 13.8 Å². The second kappa shape index (κ2) is 7.47. The third-order valence-corrected chi connectivity index (χ3v) is 3.45. The molecule has 0 bridgehead atoms. The summed E-state index contributed by atoms with van der Waals surface area (Å²) in [5.41, 5.74) is 2.16. The molecule has 1 aliphatic heterocycles. The molecule has 1 aromatic rings. The van der Waals surface area contributed by atoms with Gasteiger partial charge in [-0.25, -0.2) is 14.8 Å². The highest BCUT2D eigenvalue weighted by Crippen LogP contribution is 2.23. The first-order valence-electron chi connectivity index (χ1n) is 7.60. The fraction of sp³-hybridized carbons (Fsp3) is 0.667. The molecule has 0 saturated carbocycles. The van der Waals surface area contributed by atoms with E-state index in [0.29, 0.717) is 31.3 Å². The van der Waals surface area contributed by atoms with Crippen LogP contribution in [0.5, 0.6) is 0 Å². The van der Waals surface area contributed by atoms with Crippen molar-refractivity contribution in [3.05, 3.63) is 22.8 Å². The zero-order valence-corrected chi connectivity index (χ0v) is 12.9. The molecule has 1 unspecified atom stereocenters. The van der Waals surface area contributed by atoms with E-state index in [1.165, 1.54) is 0 Å². The first kappa shape index (κ1) is 15.9. The standard InChI is InChI=1S/C15H23N3O3/c1-4-12(20-5-2)14-17-11-7-8-16-9-10(11)13(18-14)15(19)21-6-3/h12,16H,4-9H2,1-3H3. The van der Waals surface area contributed by atoms with E-state index in [4.69, 9.17) is 9.47 Å². The Balaban J connectivity index is 2.43. The summed E-state index contributed by atoms with van der Waals surface area (Å²) in [5.74, 6) is 0.204. The fourth-order valence-electron chi connectivity index (χ4n) is 2.45. The van der Waals surface area contributed by atoms with Gasteiger partial charge in [-0.3, -0.25) is 0 Å². The summed E-state index contributed by atoms with van der Waals surface area (Å²) in [4.78, 5) is 21.2. The molecular formula is C15H23N3O3. The van der Waals surface area contributed by atoms with Gasteiger partial charge < -0.3 is 14.8 Å². The normalized spacial score (nSPS) is 15.4. The molecular weight excluding hydrogens is 270 g/mol. The third kappa shape index (κ3) is 3.57. The molecule has 0 aromatic carbocycles. The average molecular weight is 293 g/mol. The predicted octanol–water partition coefficient (Wildman–Crippen LogP) is 1.79. The lowest BCUT2D eigenvalue weighted by molar-refractivity contribution is 0.0485. The van der Waals surface area contributed by atoms with Crippen molar-refractivity contribution in [3.8, 4) is 0 Å². The van der Waals surface area contributed by atoms with Gasteiger partial charge in [0.25, 0.3) is 0 Å². The van der Waals surface area contributed by atoms with Crippen LogP contribution in [0.4, 0.5) is 0 Å². The van der Waals surface area contributed by atoms with Crippen LogP contribution in [0.15, 0.2) is 0 Å². The highest BCUT2D eigenvalue weighted by molar-refractivity contribution is 5.89. The largest absolute Gasteiger partial charge is 0.461 e. The molecule has 2 rings (SSSR count). The van der Waals surface area contributed by atoms with E-state index < -0.39 is 0 Å². The van der Waals surface area contributed by atoms with E-state index in [1.54, 1.807) is 6.92 Å². The Labute approximate surface area is 125 Å². The molecule has 0 fully saturated rings. The van der Waals surface area contributed by atoms with Crippen LogP contribution in [0.25, 0.3) is 0 Å². The number of esters is 1. The van der Waals surface area contributed by atoms with Crippen molar-refractivity contribution in [2.45, 2.75) is 46.3 Å². The number of nitrogens with zero attached hydrogens (tertiary/aromatic N) is 2. The Morgan fingerprint density at radius 1 is 1.29 bits per heavy atom. The summed E-state index contributed by atoms with van der Waals surface area (Å²) < 4.78 is 10.8. The molecule has 21 heavy (non-hydrogen) atoms. The van der Waals surface area contributed by atoms with Gasteiger partial charge in [0, 0.05) is 31.7 Å². The van der Waals surface area contributed by atoms with Crippen molar-refractivity contribution in [2.75, 3.05) is 19.8 Å². The molecule has 0 amide bonds. The minimum absolute atomic E-state index is 0.177. The number of rotatable bonds is 6. The van der Waals surface area contributed by atoms with Gasteiger partial charge in [0.15, 0.2) is 11.5 Å². The second-order valence-electron chi connectivity index (χ2n) is 4.86. The highest BCUT2D eigenvalue weighted by Gasteiger charge is 2.25. The molecule has 0 radical (unpaired) electrons. The number of hydrogen-bond donors (Lipinski definition) is 1. The van der Waals surface area contributed by atoms with Crippen LogP contribution in [0.2, 0.25) is 0 Å². The summed E-state index contributed by atoms with van der Waals surface area (Å²) >= 11 is 0. The molecule has 0 aliphatic carbocycles. The maximum absolute atomic E-state index is 12.2. The van der Waals surface area contributed by atoms with E-state index in [0.717, 1.165) is 30.6 Å². The molecule has 1 atom stereocenters. The molecule has 1 aliphatic rings. The van der Waals surface area contributed by atoms with Gasteiger partial charge in [-0.15, -0.1) is 0 Å². The Bertz CT molecular complexity index is 505. The zero-order valence-electron chi connectivity index (χ0n) is 12.9. The van der Waals surface area contributed by atoms with Gasteiger partial charge in [-0.05, 0) is 20.3 Å². The van der Waals surface area contributed by atoms with Gasteiger partial charge in [0.05, 0.1) is 12.3 Å². The Kier molecular flexibility index (Phi) is 5.64. The van der Waals surface area contributed by atoms with Crippen molar-refractivity contribution in [1.29, 1.82) is 0 Å². The maximum atomic E-state index is 12.2. The topological polar surface area (TPSA) is 73.3 Å². The first-order valence-corrected chi connectivity index (χ1v) is 7.60. The average Bonchev–Trinajstić information content (AvgIpc) is 2.51.